The monoisotopic (exact) mass is 374 g/mol. The van der Waals surface area contributed by atoms with Crippen LogP contribution in [0.2, 0.25) is 0 Å². The van der Waals surface area contributed by atoms with Crippen molar-refractivity contribution in [2.75, 3.05) is 16.3 Å². The maximum Gasteiger partial charge on any atom is 0.211 e. The number of nitrogens with zero attached hydrogens (tertiary/aromatic N) is 2. The van der Waals surface area contributed by atoms with E-state index in [1.54, 1.807) is 0 Å². The molecule has 2 nitrogen and oxygen atoms in total. The smallest absolute Gasteiger partial charge is 0.211 e. The van der Waals surface area contributed by atoms with Gasteiger partial charge in [-0.1, -0.05) is 58.6 Å². The molecule has 25 heavy (non-hydrogen) atoms. The molecule has 0 N–H and O–H groups in total. The number of anilines is 2. The first-order chi connectivity index (χ1) is 11.6. The Morgan fingerprint density at radius 1 is 0.760 bits per heavy atom. The Morgan fingerprint density at radius 3 is 1.60 bits per heavy atom. The minimum atomic E-state index is -1.06. The van der Waals surface area contributed by atoms with E-state index in [1.165, 1.54) is 22.3 Å². The lowest BCUT2D eigenvalue weighted by atomic mass is 10.0. The highest BCUT2D eigenvalue weighted by atomic mass is 35.5. The summed E-state index contributed by atoms with van der Waals surface area (Å²) >= 11 is 13.4. The van der Waals surface area contributed by atoms with Crippen molar-refractivity contribution < 1.29 is 0 Å². The summed E-state index contributed by atoms with van der Waals surface area (Å²) in [6.45, 7) is 16.5. The molecule has 1 fully saturated rings. The van der Waals surface area contributed by atoms with Crippen LogP contribution in [0.4, 0.5) is 11.4 Å². The molecule has 0 aliphatic carbocycles. The van der Waals surface area contributed by atoms with E-state index in [0.717, 1.165) is 22.5 Å². The van der Waals surface area contributed by atoms with E-state index in [9.17, 15) is 0 Å². The Balaban J connectivity index is 2.04. The molecular formula is C21H24Cl2N2. The topological polar surface area (TPSA) is 6.48 Å². The number of benzene rings is 2. The molecule has 0 saturated carbocycles. The van der Waals surface area contributed by atoms with E-state index in [1.807, 2.05) is 9.80 Å². The van der Waals surface area contributed by atoms with Crippen molar-refractivity contribution in [2.45, 2.75) is 46.0 Å². The second-order valence-electron chi connectivity index (χ2n) is 7.18. The van der Waals surface area contributed by atoms with E-state index in [-0.39, 0.29) is 0 Å². The Morgan fingerprint density at radius 2 is 1.16 bits per heavy atom. The predicted molar refractivity (Wildman–Crippen MR) is 109 cm³/mol. The van der Waals surface area contributed by atoms with Crippen LogP contribution in [0, 0.1) is 48.2 Å². The Bertz CT molecular complexity index is 781. The van der Waals surface area contributed by atoms with Gasteiger partial charge >= 0.3 is 0 Å². The molecule has 2 radical (unpaired) electrons. The number of halogens is 2. The summed E-state index contributed by atoms with van der Waals surface area (Å²) in [6, 6.07) is 8.66. The summed E-state index contributed by atoms with van der Waals surface area (Å²) < 4.78 is -1.06. The van der Waals surface area contributed by atoms with Gasteiger partial charge in [-0.3, -0.25) is 0 Å². The Labute approximate surface area is 161 Å². The molecule has 2 aromatic carbocycles. The third-order valence-electron chi connectivity index (χ3n) is 4.66. The summed E-state index contributed by atoms with van der Waals surface area (Å²) in [5.41, 5.74) is 9.34. The summed E-state index contributed by atoms with van der Waals surface area (Å²) in [7, 11) is 0. The van der Waals surface area contributed by atoms with Crippen LogP contribution in [0.5, 0.6) is 0 Å². The van der Waals surface area contributed by atoms with Gasteiger partial charge in [0.1, 0.15) is 0 Å². The van der Waals surface area contributed by atoms with Gasteiger partial charge in [0.2, 0.25) is 11.1 Å². The molecule has 1 aliphatic heterocycles. The fraction of sp³-hybridized carbons (Fsp3) is 0.381. The van der Waals surface area contributed by atoms with Gasteiger partial charge in [0, 0.05) is 11.4 Å². The first kappa shape index (κ1) is 18.4. The normalized spacial score (nSPS) is 16.6. The van der Waals surface area contributed by atoms with Crippen molar-refractivity contribution in [1.29, 1.82) is 0 Å². The summed E-state index contributed by atoms with van der Waals surface area (Å²) in [6.07, 6.45) is 0. The largest absolute Gasteiger partial charge is 0.336 e. The molecular weight excluding hydrogens is 351 g/mol. The third kappa shape index (κ3) is 3.35. The van der Waals surface area contributed by atoms with Crippen LogP contribution in [-0.2, 0) is 0 Å². The lowest BCUT2D eigenvalue weighted by Crippen LogP contribution is -2.34. The van der Waals surface area contributed by atoms with Crippen LogP contribution < -0.4 is 9.80 Å². The fourth-order valence-corrected chi connectivity index (χ4v) is 4.44. The Kier molecular flexibility index (Phi) is 4.72. The van der Waals surface area contributed by atoms with Gasteiger partial charge in [0.25, 0.3) is 0 Å². The molecule has 1 aliphatic rings. The third-order valence-corrected chi connectivity index (χ3v) is 5.24. The molecule has 3 rings (SSSR count). The molecule has 0 aromatic heterocycles. The zero-order valence-corrected chi connectivity index (χ0v) is 17.2. The highest BCUT2D eigenvalue weighted by Gasteiger charge is 2.45. The number of aryl methyl sites for hydroxylation is 6. The van der Waals surface area contributed by atoms with E-state index >= 15 is 0 Å². The average Bonchev–Trinajstić information content (AvgIpc) is 2.72. The second-order valence-corrected chi connectivity index (χ2v) is 8.63. The average molecular weight is 375 g/mol. The second kappa shape index (κ2) is 6.41. The van der Waals surface area contributed by atoms with Crippen molar-refractivity contribution >= 4 is 34.6 Å². The highest BCUT2D eigenvalue weighted by molar-refractivity contribution is 6.50. The molecule has 0 unspecified atom stereocenters. The quantitative estimate of drug-likeness (QED) is 0.470. The molecule has 0 spiro atoms. The SMILES string of the molecule is Cc1cc(C)c(N2[C]N(c3c(C)cc(C)cc3C)C(Cl)(Cl)C2)c(C)c1. The van der Waals surface area contributed by atoms with Crippen LogP contribution in [0.1, 0.15) is 33.4 Å². The van der Waals surface area contributed by atoms with E-state index in [4.69, 9.17) is 23.2 Å². The number of hydrogen-bond donors (Lipinski definition) is 0. The van der Waals surface area contributed by atoms with Gasteiger partial charge in [0.15, 0.2) is 0 Å². The van der Waals surface area contributed by atoms with Gasteiger partial charge in [-0.15, -0.1) is 0 Å². The van der Waals surface area contributed by atoms with Crippen LogP contribution >= 0.6 is 23.2 Å². The number of hydrogen-bond acceptors (Lipinski definition) is 2. The number of alkyl halides is 2. The van der Waals surface area contributed by atoms with Crippen LogP contribution in [0.15, 0.2) is 24.3 Å². The van der Waals surface area contributed by atoms with E-state index in [2.05, 4.69) is 72.5 Å². The summed E-state index contributed by atoms with van der Waals surface area (Å²) in [4.78, 5) is 3.92. The van der Waals surface area contributed by atoms with Gasteiger partial charge in [-0.25, -0.2) is 0 Å². The molecule has 1 heterocycles. The maximum atomic E-state index is 6.72. The van der Waals surface area contributed by atoms with E-state index < -0.39 is 4.46 Å². The molecule has 0 bridgehead atoms. The van der Waals surface area contributed by atoms with E-state index in [0.29, 0.717) is 6.54 Å². The fourth-order valence-electron chi connectivity index (χ4n) is 3.96. The zero-order valence-electron chi connectivity index (χ0n) is 15.7. The van der Waals surface area contributed by atoms with Crippen molar-refractivity contribution in [3.63, 3.8) is 0 Å². The molecule has 2 aromatic rings. The lowest BCUT2D eigenvalue weighted by Gasteiger charge is -2.29. The van der Waals surface area contributed by atoms with Gasteiger partial charge in [-0.05, 0) is 63.8 Å². The van der Waals surface area contributed by atoms with Crippen LogP contribution in [0.25, 0.3) is 0 Å². The van der Waals surface area contributed by atoms with Gasteiger partial charge < -0.3 is 9.80 Å². The minimum absolute atomic E-state index is 0.466. The minimum Gasteiger partial charge on any atom is -0.336 e. The van der Waals surface area contributed by atoms with Gasteiger partial charge in [0.05, 0.1) is 6.54 Å². The maximum absolute atomic E-state index is 6.72. The highest BCUT2D eigenvalue weighted by Crippen LogP contribution is 2.45. The van der Waals surface area contributed by atoms with Gasteiger partial charge in [-0.2, -0.15) is 0 Å². The molecule has 0 atom stereocenters. The van der Waals surface area contributed by atoms with Crippen LogP contribution in [0.3, 0.4) is 0 Å². The standard InChI is InChI=1S/C21H24Cl2N2/c1-13-7-15(3)19(16(4)8-13)24-11-21(22,23)25(12-24)20-17(5)9-14(2)10-18(20)6/h7-10H,11H2,1-6H3. The summed E-state index contributed by atoms with van der Waals surface area (Å²) in [5, 5.41) is 0. The van der Waals surface area contributed by atoms with Crippen molar-refractivity contribution in [1.82, 2.24) is 0 Å². The zero-order chi connectivity index (χ0) is 18.5. The van der Waals surface area contributed by atoms with Crippen LogP contribution in [-0.4, -0.2) is 11.0 Å². The molecule has 132 valence electrons. The molecule has 1 saturated heterocycles. The lowest BCUT2D eigenvalue weighted by molar-refractivity contribution is 0.860. The Hall–Kier alpha value is -1.38. The van der Waals surface area contributed by atoms with Crippen molar-refractivity contribution in [3.05, 3.63) is 64.3 Å². The summed E-state index contributed by atoms with van der Waals surface area (Å²) in [5.74, 6) is 0. The van der Waals surface area contributed by atoms with Crippen molar-refractivity contribution in [3.8, 4) is 0 Å². The number of rotatable bonds is 2. The molecule has 4 heteroatoms. The van der Waals surface area contributed by atoms with Crippen molar-refractivity contribution in [2.24, 2.45) is 0 Å². The first-order valence-electron chi connectivity index (χ1n) is 8.48. The predicted octanol–water partition coefficient (Wildman–Crippen LogP) is 5.99. The molecule has 0 amide bonds. The first-order valence-corrected chi connectivity index (χ1v) is 9.23.